The van der Waals surface area contributed by atoms with Crippen LogP contribution in [0.25, 0.3) is 28.5 Å². The number of hydrogen-bond acceptors (Lipinski definition) is 4. The Bertz CT molecular complexity index is 978. The van der Waals surface area contributed by atoms with Gasteiger partial charge in [-0.15, -0.1) is 0 Å². The lowest BCUT2D eigenvalue weighted by atomic mass is 10.1. The lowest BCUT2D eigenvalue weighted by Crippen LogP contribution is -2.05. The van der Waals surface area contributed by atoms with Crippen LogP contribution in [-0.2, 0) is 4.79 Å². The Morgan fingerprint density at radius 3 is 2.96 bits per heavy atom. The van der Waals surface area contributed by atoms with Crippen molar-refractivity contribution in [3.63, 3.8) is 0 Å². The number of carbonyl (C=O) groups is 1. The molecule has 6 heteroatoms. The summed E-state index contributed by atoms with van der Waals surface area (Å²) in [6.07, 6.45) is 6.23. The van der Waals surface area contributed by atoms with E-state index in [-0.39, 0.29) is 0 Å². The molecule has 1 aromatic carbocycles. The zero-order valence-electron chi connectivity index (χ0n) is 12.4. The lowest BCUT2D eigenvalue weighted by Gasteiger charge is -2.03. The number of rotatable bonds is 3. The molecule has 0 aliphatic carbocycles. The third-order valence-corrected chi connectivity index (χ3v) is 3.34. The molecule has 3 aromatic rings. The number of primary amides is 1. The SMILES string of the molecule is Cc1cc(C#N)cc(-c2cnc3[nH]cc(/C=C/C(N)=O)c3n2)c1. The number of fused-ring (bicyclic) bond motifs is 1. The third kappa shape index (κ3) is 2.94. The van der Waals surface area contributed by atoms with Gasteiger partial charge in [0.1, 0.15) is 5.52 Å². The number of aryl methyl sites for hydroxylation is 1. The molecule has 6 nitrogen and oxygen atoms in total. The van der Waals surface area contributed by atoms with E-state index in [1.165, 1.54) is 6.08 Å². The highest BCUT2D eigenvalue weighted by Crippen LogP contribution is 2.23. The predicted molar refractivity (Wildman–Crippen MR) is 87.0 cm³/mol. The molecule has 1 amide bonds. The summed E-state index contributed by atoms with van der Waals surface area (Å²) < 4.78 is 0. The molecule has 0 radical (unpaired) electrons. The van der Waals surface area contributed by atoms with Crippen molar-refractivity contribution >= 4 is 23.1 Å². The summed E-state index contributed by atoms with van der Waals surface area (Å²) in [4.78, 5) is 22.8. The summed E-state index contributed by atoms with van der Waals surface area (Å²) >= 11 is 0. The monoisotopic (exact) mass is 303 g/mol. The number of benzene rings is 1. The second-order valence-electron chi connectivity index (χ2n) is 5.13. The molecule has 0 atom stereocenters. The van der Waals surface area contributed by atoms with Crippen molar-refractivity contribution in [3.05, 3.63) is 53.4 Å². The lowest BCUT2D eigenvalue weighted by molar-refractivity contribution is -0.113. The second kappa shape index (κ2) is 5.73. The van der Waals surface area contributed by atoms with Gasteiger partial charge >= 0.3 is 0 Å². The quantitative estimate of drug-likeness (QED) is 0.723. The number of nitriles is 1. The summed E-state index contributed by atoms with van der Waals surface area (Å²) in [5.41, 5.74) is 10.1. The molecule has 2 aromatic heterocycles. The Kier molecular flexibility index (Phi) is 3.61. The number of aromatic amines is 1. The zero-order valence-corrected chi connectivity index (χ0v) is 12.4. The van der Waals surface area contributed by atoms with E-state index >= 15 is 0 Å². The van der Waals surface area contributed by atoms with E-state index in [2.05, 4.69) is 21.0 Å². The maximum absolute atomic E-state index is 10.9. The molecular formula is C17H13N5O. The first-order valence-corrected chi connectivity index (χ1v) is 6.90. The van der Waals surface area contributed by atoms with E-state index < -0.39 is 5.91 Å². The molecule has 0 saturated carbocycles. The van der Waals surface area contributed by atoms with Crippen LogP contribution in [-0.4, -0.2) is 20.9 Å². The molecule has 23 heavy (non-hydrogen) atoms. The van der Waals surface area contributed by atoms with Crippen molar-refractivity contribution in [2.24, 2.45) is 5.73 Å². The Hall–Kier alpha value is -3.46. The number of aromatic nitrogens is 3. The highest BCUT2D eigenvalue weighted by Gasteiger charge is 2.08. The molecule has 0 unspecified atom stereocenters. The van der Waals surface area contributed by atoms with Gasteiger partial charge in [0.25, 0.3) is 0 Å². The predicted octanol–water partition coefficient (Wildman–Crippen LogP) is 2.30. The van der Waals surface area contributed by atoms with E-state index in [0.717, 1.165) is 16.7 Å². The van der Waals surface area contributed by atoms with Crippen LogP contribution in [0.15, 0.2) is 36.7 Å². The molecule has 2 heterocycles. The maximum Gasteiger partial charge on any atom is 0.241 e. The minimum atomic E-state index is -0.527. The van der Waals surface area contributed by atoms with Gasteiger partial charge in [0.2, 0.25) is 5.91 Å². The number of carbonyl (C=O) groups excluding carboxylic acids is 1. The van der Waals surface area contributed by atoms with Gasteiger partial charge in [-0.1, -0.05) is 0 Å². The standard InChI is InChI=1S/C17H13N5O/c1-10-4-11(7-18)6-13(5-10)14-9-21-17-16(22-14)12(8-20-17)2-3-15(19)23/h2-6,8-9H,1H3,(H2,19,23)(H,20,21)/b3-2+. The fourth-order valence-electron chi connectivity index (χ4n) is 2.34. The first-order chi connectivity index (χ1) is 11.1. The van der Waals surface area contributed by atoms with Crippen LogP contribution >= 0.6 is 0 Å². The Morgan fingerprint density at radius 2 is 2.22 bits per heavy atom. The van der Waals surface area contributed by atoms with Gasteiger partial charge in [0, 0.05) is 23.4 Å². The van der Waals surface area contributed by atoms with E-state index in [1.54, 1.807) is 24.5 Å². The van der Waals surface area contributed by atoms with Crippen molar-refractivity contribution in [2.75, 3.05) is 0 Å². The van der Waals surface area contributed by atoms with Crippen LogP contribution in [0.1, 0.15) is 16.7 Å². The number of nitrogens with two attached hydrogens (primary N) is 1. The molecule has 0 aliphatic rings. The molecule has 0 bridgehead atoms. The van der Waals surface area contributed by atoms with Crippen molar-refractivity contribution in [1.82, 2.24) is 15.0 Å². The number of nitrogens with one attached hydrogen (secondary N) is 1. The largest absolute Gasteiger partial charge is 0.366 e. The summed E-state index contributed by atoms with van der Waals surface area (Å²) in [6, 6.07) is 7.67. The van der Waals surface area contributed by atoms with E-state index in [4.69, 9.17) is 11.0 Å². The highest BCUT2D eigenvalue weighted by atomic mass is 16.1. The normalized spacial score (nSPS) is 11.0. The summed E-state index contributed by atoms with van der Waals surface area (Å²) in [7, 11) is 0. The minimum absolute atomic E-state index is 0.527. The van der Waals surface area contributed by atoms with Gasteiger partial charge in [0.05, 0.1) is 23.5 Å². The average molecular weight is 303 g/mol. The number of nitrogens with zero attached hydrogens (tertiary/aromatic N) is 3. The van der Waals surface area contributed by atoms with Gasteiger partial charge in [-0.05, 0) is 36.8 Å². The van der Waals surface area contributed by atoms with Crippen LogP contribution in [0.3, 0.4) is 0 Å². The summed E-state index contributed by atoms with van der Waals surface area (Å²) in [5.74, 6) is -0.527. The van der Waals surface area contributed by atoms with Gasteiger partial charge < -0.3 is 10.7 Å². The molecule has 0 spiro atoms. The molecular weight excluding hydrogens is 290 g/mol. The van der Waals surface area contributed by atoms with Gasteiger partial charge in [-0.2, -0.15) is 5.26 Å². The van der Waals surface area contributed by atoms with Crippen LogP contribution in [0.4, 0.5) is 0 Å². The molecule has 0 saturated heterocycles. The van der Waals surface area contributed by atoms with Crippen molar-refractivity contribution in [3.8, 4) is 17.3 Å². The maximum atomic E-state index is 10.9. The molecule has 112 valence electrons. The fraction of sp³-hybridized carbons (Fsp3) is 0.0588. The fourth-order valence-corrected chi connectivity index (χ4v) is 2.34. The van der Waals surface area contributed by atoms with Crippen molar-refractivity contribution in [2.45, 2.75) is 6.92 Å². The molecule has 0 fully saturated rings. The number of hydrogen-bond donors (Lipinski definition) is 2. The number of amides is 1. The average Bonchev–Trinajstić information content (AvgIpc) is 2.94. The summed E-state index contributed by atoms with van der Waals surface area (Å²) in [6.45, 7) is 1.92. The third-order valence-electron chi connectivity index (χ3n) is 3.34. The molecule has 0 aliphatic heterocycles. The van der Waals surface area contributed by atoms with Crippen molar-refractivity contribution in [1.29, 1.82) is 5.26 Å². The van der Waals surface area contributed by atoms with Crippen LogP contribution in [0.2, 0.25) is 0 Å². The van der Waals surface area contributed by atoms with Crippen molar-refractivity contribution < 1.29 is 4.79 Å². The van der Waals surface area contributed by atoms with E-state index in [9.17, 15) is 4.79 Å². The smallest absolute Gasteiger partial charge is 0.241 e. The van der Waals surface area contributed by atoms with E-state index in [0.29, 0.717) is 22.4 Å². The minimum Gasteiger partial charge on any atom is -0.366 e. The first-order valence-electron chi connectivity index (χ1n) is 6.90. The molecule has 3 rings (SSSR count). The Labute approximate surface area is 132 Å². The summed E-state index contributed by atoms with van der Waals surface area (Å²) in [5, 5.41) is 9.09. The van der Waals surface area contributed by atoms with Gasteiger partial charge in [-0.3, -0.25) is 4.79 Å². The van der Waals surface area contributed by atoms with Crippen LogP contribution in [0.5, 0.6) is 0 Å². The highest BCUT2D eigenvalue weighted by molar-refractivity contribution is 5.93. The van der Waals surface area contributed by atoms with Crippen LogP contribution in [0, 0.1) is 18.3 Å². The number of H-pyrrole nitrogens is 1. The van der Waals surface area contributed by atoms with E-state index in [1.807, 2.05) is 19.1 Å². The van der Waals surface area contributed by atoms with Gasteiger partial charge in [-0.25, -0.2) is 9.97 Å². The molecule has 3 N–H and O–H groups in total. The topological polar surface area (TPSA) is 108 Å². The Morgan fingerprint density at radius 1 is 1.39 bits per heavy atom. The Balaban J connectivity index is 2.13. The van der Waals surface area contributed by atoms with Crippen LogP contribution < -0.4 is 5.73 Å². The second-order valence-corrected chi connectivity index (χ2v) is 5.13. The first kappa shape index (κ1) is 14.5. The van der Waals surface area contributed by atoms with Gasteiger partial charge in [0.15, 0.2) is 5.65 Å². The zero-order chi connectivity index (χ0) is 16.4.